The van der Waals surface area contributed by atoms with Crippen molar-refractivity contribution in [1.82, 2.24) is 5.32 Å². The third-order valence-electron chi connectivity index (χ3n) is 1.74. The monoisotopic (exact) mass is 241 g/mol. The number of carbonyl (C=O) groups is 1. The van der Waals surface area contributed by atoms with Crippen molar-refractivity contribution in [2.45, 2.75) is 6.42 Å². The fourth-order valence-corrected chi connectivity index (χ4v) is 1.62. The first kappa shape index (κ1) is 11.9. The molecule has 0 atom stereocenters. The Balaban J connectivity index is 2.78. The lowest BCUT2D eigenvalue weighted by atomic mass is 10.2. The molecule has 0 aliphatic rings. The number of carbonyl (C=O) groups excluding carboxylic acids is 1. The van der Waals surface area contributed by atoms with Gasteiger partial charge in [0.05, 0.1) is 15.6 Å². The molecule has 1 amide bonds. The molecule has 0 saturated carbocycles. The van der Waals surface area contributed by atoms with Gasteiger partial charge < -0.3 is 5.32 Å². The van der Waals surface area contributed by atoms with E-state index in [1.54, 1.807) is 18.2 Å². The van der Waals surface area contributed by atoms with Gasteiger partial charge in [-0.3, -0.25) is 4.79 Å². The SMILES string of the molecule is C#CCCNC(=O)c1c(Cl)cccc1Cl. The highest BCUT2D eigenvalue weighted by Crippen LogP contribution is 2.23. The van der Waals surface area contributed by atoms with Crippen molar-refractivity contribution >= 4 is 29.1 Å². The summed E-state index contributed by atoms with van der Waals surface area (Å²) in [4.78, 5) is 11.6. The van der Waals surface area contributed by atoms with Gasteiger partial charge in [0.25, 0.3) is 5.91 Å². The minimum Gasteiger partial charge on any atom is -0.351 e. The van der Waals surface area contributed by atoms with Crippen molar-refractivity contribution in [3.8, 4) is 12.3 Å². The van der Waals surface area contributed by atoms with Crippen LogP contribution >= 0.6 is 23.2 Å². The second kappa shape index (κ2) is 5.65. The third kappa shape index (κ3) is 3.16. The van der Waals surface area contributed by atoms with Gasteiger partial charge in [0.2, 0.25) is 0 Å². The van der Waals surface area contributed by atoms with E-state index in [4.69, 9.17) is 29.6 Å². The number of nitrogens with one attached hydrogen (secondary N) is 1. The Hall–Kier alpha value is -1.17. The Morgan fingerprint density at radius 1 is 1.40 bits per heavy atom. The molecule has 15 heavy (non-hydrogen) atoms. The molecular formula is C11H9Cl2NO. The van der Waals surface area contributed by atoms with Gasteiger partial charge in [0.15, 0.2) is 0 Å². The fourth-order valence-electron chi connectivity index (χ4n) is 1.05. The summed E-state index contributed by atoms with van der Waals surface area (Å²) in [5, 5.41) is 3.30. The molecule has 0 radical (unpaired) electrons. The Kier molecular flexibility index (Phi) is 4.48. The van der Waals surface area contributed by atoms with Crippen LogP contribution in [0.5, 0.6) is 0 Å². The van der Waals surface area contributed by atoms with Crippen LogP contribution in [0.15, 0.2) is 18.2 Å². The molecule has 1 N–H and O–H groups in total. The molecule has 0 fully saturated rings. The number of halogens is 2. The number of rotatable bonds is 3. The first-order valence-electron chi connectivity index (χ1n) is 4.32. The Labute approximate surface area is 98.6 Å². The van der Waals surface area contributed by atoms with E-state index in [2.05, 4.69) is 11.2 Å². The minimum atomic E-state index is -0.305. The normalized spacial score (nSPS) is 9.40. The summed E-state index contributed by atoms with van der Waals surface area (Å²) in [6.07, 6.45) is 5.54. The molecule has 0 spiro atoms. The van der Waals surface area contributed by atoms with Gasteiger partial charge in [0.1, 0.15) is 0 Å². The zero-order valence-corrected chi connectivity index (χ0v) is 9.40. The van der Waals surface area contributed by atoms with Crippen LogP contribution < -0.4 is 5.32 Å². The van der Waals surface area contributed by atoms with E-state index in [1.807, 2.05) is 0 Å². The van der Waals surface area contributed by atoms with Crippen LogP contribution in [0.4, 0.5) is 0 Å². The molecule has 0 aromatic heterocycles. The topological polar surface area (TPSA) is 29.1 Å². The molecule has 1 rings (SSSR count). The second-order valence-electron chi connectivity index (χ2n) is 2.81. The lowest BCUT2D eigenvalue weighted by molar-refractivity contribution is 0.0955. The maximum Gasteiger partial charge on any atom is 0.254 e. The van der Waals surface area contributed by atoms with E-state index in [1.165, 1.54) is 0 Å². The molecule has 0 saturated heterocycles. The molecular weight excluding hydrogens is 233 g/mol. The molecule has 2 nitrogen and oxygen atoms in total. The number of hydrogen-bond acceptors (Lipinski definition) is 1. The smallest absolute Gasteiger partial charge is 0.254 e. The van der Waals surface area contributed by atoms with Gasteiger partial charge in [-0.2, -0.15) is 0 Å². The molecule has 0 unspecified atom stereocenters. The number of benzene rings is 1. The largest absolute Gasteiger partial charge is 0.351 e. The van der Waals surface area contributed by atoms with Crippen molar-refractivity contribution in [2.24, 2.45) is 0 Å². The summed E-state index contributed by atoms with van der Waals surface area (Å²) in [6.45, 7) is 0.414. The second-order valence-corrected chi connectivity index (χ2v) is 3.62. The molecule has 0 heterocycles. The van der Waals surface area contributed by atoms with E-state index >= 15 is 0 Å². The van der Waals surface area contributed by atoms with Crippen LogP contribution in [0, 0.1) is 12.3 Å². The van der Waals surface area contributed by atoms with Gasteiger partial charge in [-0.05, 0) is 12.1 Å². The Bertz CT molecular complexity index is 389. The van der Waals surface area contributed by atoms with Crippen LogP contribution in [-0.4, -0.2) is 12.5 Å². The minimum absolute atomic E-state index is 0.290. The maximum absolute atomic E-state index is 11.6. The van der Waals surface area contributed by atoms with Gasteiger partial charge in [0, 0.05) is 13.0 Å². The van der Waals surface area contributed by atoms with E-state index in [0.29, 0.717) is 23.0 Å². The van der Waals surface area contributed by atoms with Gasteiger partial charge in [-0.15, -0.1) is 12.3 Å². The molecule has 0 aliphatic carbocycles. The molecule has 0 aliphatic heterocycles. The average molecular weight is 242 g/mol. The Morgan fingerprint density at radius 3 is 2.53 bits per heavy atom. The van der Waals surface area contributed by atoms with Gasteiger partial charge in [-0.25, -0.2) is 0 Å². The standard InChI is InChI=1S/C11H9Cl2NO/c1-2-3-7-14-11(15)10-8(12)5-4-6-9(10)13/h1,4-6H,3,7H2,(H,14,15). The maximum atomic E-state index is 11.6. The van der Waals surface area contributed by atoms with Crippen LogP contribution in [0.25, 0.3) is 0 Å². The molecule has 78 valence electrons. The van der Waals surface area contributed by atoms with Crippen molar-refractivity contribution in [3.05, 3.63) is 33.8 Å². The predicted molar refractivity (Wildman–Crippen MR) is 62.2 cm³/mol. The lowest BCUT2D eigenvalue weighted by Gasteiger charge is -2.06. The highest BCUT2D eigenvalue weighted by molar-refractivity contribution is 6.39. The average Bonchev–Trinajstić information content (AvgIpc) is 2.18. The van der Waals surface area contributed by atoms with Crippen LogP contribution in [0.2, 0.25) is 10.0 Å². The molecule has 1 aromatic rings. The van der Waals surface area contributed by atoms with E-state index in [-0.39, 0.29) is 11.5 Å². The lowest BCUT2D eigenvalue weighted by Crippen LogP contribution is -2.24. The first-order valence-corrected chi connectivity index (χ1v) is 5.08. The highest BCUT2D eigenvalue weighted by Gasteiger charge is 2.13. The van der Waals surface area contributed by atoms with E-state index < -0.39 is 0 Å². The van der Waals surface area contributed by atoms with Gasteiger partial charge in [-0.1, -0.05) is 29.3 Å². The fraction of sp³-hybridized carbons (Fsp3) is 0.182. The van der Waals surface area contributed by atoms with Crippen molar-refractivity contribution in [2.75, 3.05) is 6.54 Å². The van der Waals surface area contributed by atoms with Crippen LogP contribution in [-0.2, 0) is 0 Å². The zero-order valence-electron chi connectivity index (χ0n) is 7.89. The summed E-state index contributed by atoms with van der Waals surface area (Å²) in [6, 6.07) is 4.91. The van der Waals surface area contributed by atoms with Crippen LogP contribution in [0.1, 0.15) is 16.8 Å². The summed E-state index contributed by atoms with van der Waals surface area (Å²) < 4.78 is 0. The summed E-state index contributed by atoms with van der Waals surface area (Å²) in [5.41, 5.74) is 0.290. The number of terminal acetylenes is 1. The van der Waals surface area contributed by atoms with Crippen molar-refractivity contribution < 1.29 is 4.79 Å². The molecule has 0 bridgehead atoms. The quantitative estimate of drug-likeness (QED) is 0.640. The first-order chi connectivity index (χ1) is 7.16. The zero-order chi connectivity index (χ0) is 11.3. The number of amides is 1. The van der Waals surface area contributed by atoms with Crippen LogP contribution in [0.3, 0.4) is 0 Å². The summed E-state index contributed by atoms with van der Waals surface area (Å²) in [7, 11) is 0. The Morgan fingerprint density at radius 2 is 2.00 bits per heavy atom. The van der Waals surface area contributed by atoms with Crippen molar-refractivity contribution in [1.29, 1.82) is 0 Å². The predicted octanol–water partition coefficient (Wildman–Crippen LogP) is 2.75. The highest BCUT2D eigenvalue weighted by atomic mass is 35.5. The van der Waals surface area contributed by atoms with Gasteiger partial charge >= 0.3 is 0 Å². The summed E-state index contributed by atoms with van der Waals surface area (Å²) >= 11 is 11.7. The van der Waals surface area contributed by atoms with Crippen molar-refractivity contribution in [3.63, 3.8) is 0 Å². The number of hydrogen-bond donors (Lipinski definition) is 1. The van der Waals surface area contributed by atoms with E-state index in [0.717, 1.165) is 0 Å². The van der Waals surface area contributed by atoms with E-state index in [9.17, 15) is 4.79 Å². The molecule has 1 aromatic carbocycles. The third-order valence-corrected chi connectivity index (χ3v) is 2.37. The molecule has 4 heteroatoms. The summed E-state index contributed by atoms with van der Waals surface area (Å²) in [5.74, 6) is 2.12.